The highest BCUT2D eigenvalue weighted by Crippen LogP contribution is 2.43. The van der Waals surface area contributed by atoms with E-state index in [2.05, 4.69) is 22.8 Å². The van der Waals surface area contributed by atoms with Crippen molar-refractivity contribution in [2.75, 3.05) is 18.6 Å². The van der Waals surface area contributed by atoms with Crippen molar-refractivity contribution in [1.29, 1.82) is 0 Å². The number of aryl methyl sites for hydroxylation is 1. The van der Waals surface area contributed by atoms with Crippen LogP contribution >= 0.6 is 0 Å². The minimum absolute atomic E-state index is 0.117. The van der Waals surface area contributed by atoms with E-state index < -0.39 is 17.4 Å². The second kappa shape index (κ2) is 8.58. The quantitative estimate of drug-likeness (QED) is 0.318. The number of benzene rings is 2. The van der Waals surface area contributed by atoms with Crippen LogP contribution in [0.15, 0.2) is 30.3 Å². The molecular weight excluding hydrogens is 487 g/mol. The lowest BCUT2D eigenvalue weighted by molar-refractivity contribution is 0.0579. The van der Waals surface area contributed by atoms with Crippen molar-refractivity contribution in [3.8, 4) is 11.5 Å². The van der Waals surface area contributed by atoms with Crippen molar-refractivity contribution >= 4 is 39.7 Å². The molecule has 6 rings (SSSR count). The fourth-order valence-electron chi connectivity index (χ4n) is 5.42. The summed E-state index contributed by atoms with van der Waals surface area (Å²) >= 11 is 0. The number of amides is 1. The predicted molar refractivity (Wildman–Crippen MR) is 143 cm³/mol. The summed E-state index contributed by atoms with van der Waals surface area (Å²) in [5, 5.41) is 0.984. The number of anilines is 1. The van der Waals surface area contributed by atoms with Crippen molar-refractivity contribution in [2.45, 2.75) is 52.2 Å². The Morgan fingerprint density at radius 3 is 2.58 bits per heavy atom. The third kappa shape index (κ3) is 4.01. The van der Waals surface area contributed by atoms with Gasteiger partial charge >= 0.3 is 12.1 Å². The van der Waals surface area contributed by atoms with Gasteiger partial charge in [-0.25, -0.2) is 19.0 Å². The van der Waals surface area contributed by atoms with Gasteiger partial charge in [0.2, 0.25) is 0 Å². The standard InChI is InChI=1S/C29H31FN4O4/c1-29(2,3)38-28(36)33-11-10-17-8-9-18-14-22(34(15-16-6-7-16)24(18)23(17)33)26-31-21-13-19(27(35)37-5)12-20(30)25(21)32(26)4/h8-9,12-14,16H,6-7,10-11,15H2,1-5H3. The molecule has 0 N–H and O–H groups in total. The number of hydrogen-bond donors (Lipinski definition) is 0. The summed E-state index contributed by atoms with van der Waals surface area (Å²) in [6.07, 6.45) is 2.68. The van der Waals surface area contributed by atoms with E-state index in [1.165, 1.54) is 13.2 Å². The van der Waals surface area contributed by atoms with E-state index in [1.54, 1.807) is 22.6 Å². The van der Waals surface area contributed by atoms with Crippen LogP contribution in [-0.2, 0) is 29.5 Å². The van der Waals surface area contributed by atoms with Crippen molar-refractivity contribution < 1.29 is 23.5 Å². The first-order valence-corrected chi connectivity index (χ1v) is 13.0. The van der Waals surface area contributed by atoms with E-state index >= 15 is 4.39 Å². The molecule has 4 aromatic rings. The summed E-state index contributed by atoms with van der Waals surface area (Å²) in [5.74, 6) is -0.0214. The van der Waals surface area contributed by atoms with Crippen LogP contribution in [0.4, 0.5) is 14.9 Å². The molecule has 0 bridgehead atoms. The van der Waals surface area contributed by atoms with Gasteiger partial charge in [0.15, 0.2) is 5.82 Å². The molecule has 1 aliphatic carbocycles. The normalized spacial score (nSPS) is 15.4. The number of imidazole rings is 1. The number of carbonyl (C=O) groups is 2. The molecule has 0 unspecified atom stereocenters. The molecule has 0 spiro atoms. The number of fused-ring (bicyclic) bond motifs is 4. The Morgan fingerprint density at radius 1 is 1.13 bits per heavy atom. The molecular formula is C29H31FN4O4. The van der Waals surface area contributed by atoms with Gasteiger partial charge in [-0.15, -0.1) is 0 Å². The monoisotopic (exact) mass is 518 g/mol. The Balaban J connectivity index is 1.55. The van der Waals surface area contributed by atoms with E-state index in [0.717, 1.165) is 53.7 Å². The van der Waals surface area contributed by atoms with E-state index in [0.29, 0.717) is 29.3 Å². The summed E-state index contributed by atoms with van der Waals surface area (Å²) in [6, 6.07) is 8.96. The number of methoxy groups -OCH3 is 1. The number of nitrogens with zero attached hydrogens (tertiary/aromatic N) is 4. The van der Waals surface area contributed by atoms with Crippen LogP contribution in [0.5, 0.6) is 0 Å². The van der Waals surface area contributed by atoms with Gasteiger partial charge in [0.25, 0.3) is 0 Å². The molecule has 2 aromatic carbocycles. The van der Waals surface area contributed by atoms with Gasteiger partial charge in [-0.1, -0.05) is 12.1 Å². The van der Waals surface area contributed by atoms with Crippen LogP contribution in [0.3, 0.4) is 0 Å². The Kier molecular flexibility index (Phi) is 5.52. The highest BCUT2D eigenvalue weighted by atomic mass is 19.1. The summed E-state index contributed by atoms with van der Waals surface area (Å²) in [5.41, 5.74) is 4.00. The number of hydrogen-bond acceptors (Lipinski definition) is 5. The summed E-state index contributed by atoms with van der Waals surface area (Å²) in [4.78, 5) is 31.8. The number of carbonyl (C=O) groups excluding carboxylic acids is 2. The lowest BCUT2D eigenvalue weighted by Crippen LogP contribution is -2.36. The van der Waals surface area contributed by atoms with Crippen LogP contribution < -0.4 is 4.90 Å². The minimum atomic E-state index is -0.612. The average molecular weight is 519 g/mol. The zero-order chi connectivity index (χ0) is 26.9. The fraction of sp³-hybridized carbons (Fsp3) is 0.414. The predicted octanol–water partition coefficient (Wildman–Crippen LogP) is 5.83. The Morgan fingerprint density at radius 2 is 1.89 bits per heavy atom. The molecule has 0 radical (unpaired) electrons. The number of ether oxygens (including phenoxy) is 2. The van der Waals surface area contributed by atoms with Crippen LogP contribution in [-0.4, -0.2) is 45.4 Å². The summed E-state index contributed by atoms with van der Waals surface area (Å²) < 4.78 is 29.7. The first-order valence-electron chi connectivity index (χ1n) is 13.0. The van der Waals surface area contributed by atoms with E-state index in [-0.39, 0.29) is 11.7 Å². The highest BCUT2D eigenvalue weighted by molar-refractivity contribution is 6.05. The van der Waals surface area contributed by atoms with Crippen LogP contribution in [0.1, 0.15) is 49.5 Å². The van der Waals surface area contributed by atoms with Gasteiger partial charge in [-0.3, -0.25) is 4.90 Å². The SMILES string of the molecule is COC(=O)c1cc(F)c2c(c1)nc(-c1cc3ccc4c(c3n1CC1CC1)N(C(=O)OC(C)(C)C)CC4)n2C. The summed E-state index contributed by atoms with van der Waals surface area (Å²) in [6.45, 7) is 6.93. The molecule has 3 heterocycles. The molecule has 2 aromatic heterocycles. The maximum atomic E-state index is 15.2. The molecule has 0 saturated heterocycles. The maximum Gasteiger partial charge on any atom is 0.414 e. The van der Waals surface area contributed by atoms with Gasteiger partial charge in [0.05, 0.1) is 35.1 Å². The zero-order valence-corrected chi connectivity index (χ0v) is 22.3. The van der Waals surface area contributed by atoms with E-state index in [4.69, 9.17) is 14.5 Å². The van der Waals surface area contributed by atoms with Gasteiger partial charge in [-0.05, 0) is 69.7 Å². The van der Waals surface area contributed by atoms with Gasteiger partial charge < -0.3 is 18.6 Å². The van der Waals surface area contributed by atoms with Gasteiger partial charge in [-0.2, -0.15) is 0 Å². The molecule has 2 aliphatic rings. The van der Waals surface area contributed by atoms with Crippen LogP contribution in [0.25, 0.3) is 33.5 Å². The second-order valence-electron chi connectivity index (χ2n) is 11.3. The lowest BCUT2D eigenvalue weighted by atomic mass is 10.1. The molecule has 38 heavy (non-hydrogen) atoms. The minimum Gasteiger partial charge on any atom is -0.465 e. The Bertz CT molecular complexity index is 1620. The second-order valence-corrected chi connectivity index (χ2v) is 11.3. The third-order valence-corrected chi connectivity index (χ3v) is 7.32. The Hall–Kier alpha value is -3.88. The van der Waals surface area contributed by atoms with Crippen LogP contribution in [0, 0.1) is 11.7 Å². The third-order valence-electron chi connectivity index (χ3n) is 7.32. The first-order chi connectivity index (χ1) is 18.1. The number of rotatable bonds is 4. The highest BCUT2D eigenvalue weighted by Gasteiger charge is 2.34. The van der Waals surface area contributed by atoms with Crippen LogP contribution in [0.2, 0.25) is 0 Å². The number of esters is 1. The van der Waals surface area contributed by atoms with Gasteiger partial charge in [0.1, 0.15) is 16.9 Å². The molecule has 1 saturated carbocycles. The molecule has 9 heteroatoms. The molecule has 198 valence electrons. The molecule has 1 fully saturated rings. The van der Waals surface area contributed by atoms with E-state index in [1.807, 2.05) is 20.8 Å². The molecule has 1 aliphatic heterocycles. The lowest BCUT2D eigenvalue weighted by Gasteiger charge is -2.25. The molecule has 8 nitrogen and oxygen atoms in total. The van der Waals surface area contributed by atoms with Gasteiger partial charge in [0, 0.05) is 25.5 Å². The zero-order valence-electron chi connectivity index (χ0n) is 22.3. The topological polar surface area (TPSA) is 78.6 Å². The molecule has 0 atom stereocenters. The Labute approximate surface area is 219 Å². The van der Waals surface area contributed by atoms with Crippen molar-refractivity contribution in [3.05, 3.63) is 47.3 Å². The number of aromatic nitrogens is 3. The summed E-state index contributed by atoms with van der Waals surface area (Å²) in [7, 11) is 3.05. The van der Waals surface area contributed by atoms with E-state index in [9.17, 15) is 9.59 Å². The van der Waals surface area contributed by atoms with Crippen molar-refractivity contribution in [1.82, 2.24) is 14.1 Å². The number of halogens is 1. The van der Waals surface area contributed by atoms with Crippen molar-refractivity contribution in [3.63, 3.8) is 0 Å². The van der Waals surface area contributed by atoms with Crippen molar-refractivity contribution in [2.24, 2.45) is 13.0 Å². The first kappa shape index (κ1) is 24.5. The smallest absolute Gasteiger partial charge is 0.414 e. The largest absolute Gasteiger partial charge is 0.465 e. The fourth-order valence-corrected chi connectivity index (χ4v) is 5.42. The maximum absolute atomic E-state index is 15.2. The average Bonchev–Trinajstić information content (AvgIpc) is 3.29. The molecule has 1 amide bonds.